The number of likely N-dealkylation sites (tertiary alicyclic amines) is 1. The lowest BCUT2D eigenvalue weighted by Crippen LogP contribution is -2.54. The Kier molecular flexibility index (Phi) is 17.5. The number of hydrogen-bond acceptors (Lipinski definition) is 9. The number of methoxy groups -OCH3 is 2. The van der Waals surface area contributed by atoms with Gasteiger partial charge in [0.1, 0.15) is 23.9 Å². The van der Waals surface area contributed by atoms with Crippen LogP contribution in [0.4, 0.5) is 31.0 Å². The van der Waals surface area contributed by atoms with Gasteiger partial charge in [0.15, 0.2) is 0 Å². The molecule has 0 radical (unpaired) electrons. The third-order valence-corrected chi connectivity index (χ3v) is 12.5. The number of carbonyl (C=O) groups is 6. The molecular weight excluding hydrogens is 822 g/mol. The first-order valence-electron chi connectivity index (χ1n) is 22.4. The lowest BCUT2D eigenvalue weighted by molar-refractivity contribution is -0.139. The fourth-order valence-corrected chi connectivity index (χ4v) is 8.57. The van der Waals surface area contributed by atoms with E-state index in [1.807, 2.05) is 83.1 Å². The van der Waals surface area contributed by atoms with Gasteiger partial charge in [-0.3, -0.25) is 19.2 Å². The number of nitrogens with one attached hydrogen (secondary N) is 4. The zero-order chi connectivity index (χ0) is 46.5. The van der Waals surface area contributed by atoms with Crippen LogP contribution in [0.15, 0.2) is 72.8 Å². The minimum atomic E-state index is -0.839. The zero-order valence-corrected chi connectivity index (χ0v) is 38.0. The van der Waals surface area contributed by atoms with Gasteiger partial charge in [-0.2, -0.15) is 0 Å². The average molecular weight is 886 g/mol. The molecule has 2 aliphatic rings. The van der Waals surface area contributed by atoms with Gasteiger partial charge in [-0.25, -0.2) is 14.0 Å². The van der Waals surface area contributed by atoms with Crippen molar-refractivity contribution in [2.24, 2.45) is 11.8 Å². The molecule has 64 heavy (non-hydrogen) atoms. The zero-order valence-electron chi connectivity index (χ0n) is 38.0. The Bertz CT molecular complexity index is 2070. The van der Waals surface area contributed by atoms with Gasteiger partial charge in [-0.1, -0.05) is 71.7 Å². The molecule has 5 rings (SSSR count). The highest BCUT2D eigenvalue weighted by atomic mass is 19.1. The quantitative estimate of drug-likeness (QED) is 0.100. The van der Waals surface area contributed by atoms with Crippen LogP contribution >= 0.6 is 0 Å². The maximum atomic E-state index is 14.2. The van der Waals surface area contributed by atoms with E-state index in [0.717, 1.165) is 29.7 Å². The third-order valence-electron chi connectivity index (χ3n) is 12.5. The van der Waals surface area contributed by atoms with Gasteiger partial charge in [0, 0.05) is 30.2 Å². The molecule has 0 aliphatic carbocycles. The predicted molar refractivity (Wildman–Crippen MR) is 243 cm³/mol. The highest BCUT2D eigenvalue weighted by Crippen LogP contribution is 2.47. The van der Waals surface area contributed by atoms with Gasteiger partial charge in [0.05, 0.1) is 32.8 Å². The highest BCUT2D eigenvalue weighted by Gasteiger charge is 2.40. The van der Waals surface area contributed by atoms with Crippen LogP contribution in [0.1, 0.15) is 103 Å². The molecule has 0 aromatic heterocycles. The van der Waals surface area contributed by atoms with Crippen LogP contribution in [0.2, 0.25) is 0 Å². The predicted octanol–water partition coefficient (Wildman–Crippen LogP) is 7.56. The van der Waals surface area contributed by atoms with E-state index in [1.54, 1.807) is 17.0 Å². The van der Waals surface area contributed by atoms with Gasteiger partial charge < -0.3 is 45.4 Å². The number of nitrogens with zero attached hydrogens (tertiary/aromatic N) is 3. The number of ether oxygens (including phenoxy) is 2. The molecule has 0 spiro atoms. The Hall–Kier alpha value is -6.19. The third kappa shape index (κ3) is 12.1. The monoisotopic (exact) mass is 885 g/mol. The molecule has 2 fully saturated rings. The van der Waals surface area contributed by atoms with Crippen molar-refractivity contribution in [2.75, 3.05) is 49.4 Å². The lowest BCUT2D eigenvalue weighted by Gasteiger charge is -2.33. The summed E-state index contributed by atoms with van der Waals surface area (Å²) < 4.78 is 23.7. The SMILES string of the molecule is CCCN(CC(=O)Nc1ccc(C2CCC(c3ccc(NC(=O)C4CCCN4C(=O)C(NC(=O)OC)C(C)CC)cc3)N2c2ccc(F)cc2)cc1)C(=O)C(NC(=O)OC)C(C)CC. The van der Waals surface area contributed by atoms with E-state index in [-0.39, 0.29) is 59.9 Å². The Morgan fingerprint density at radius 2 is 1.23 bits per heavy atom. The maximum absolute atomic E-state index is 14.2. The van der Waals surface area contributed by atoms with Gasteiger partial charge in [0.25, 0.3) is 0 Å². The normalized spacial score (nSPS) is 18.8. The molecule has 4 N–H and O–H groups in total. The molecule has 2 heterocycles. The van der Waals surface area contributed by atoms with E-state index in [9.17, 15) is 33.2 Å². The molecule has 2 aliphatic heterocycles. The molecule has 7 atom stereocenters. The number of rotatable bonds is 18. The average Bonchev–Trinajstić information content (AvgIpc) is 3.98. The van der Waals surface area contributed by atoms with E-state index in [0.29, 0.717) is 56.6 Å². The van der Waals surface area contributed by atoms with Gasteiger partial charge in [0.2, 0.25) is 23.6 Å². The van der Waals surface area contributed by atoms with E-state index in [4.69, 9.17) is 9.47 Å². The molecule has 346 valence electrons. The number of anilines is 3. The van der Waals surface area contributed by atoms with Crippen LogP contribution < -0.4 is 26.2 Å². The number of benzene rings is 3. The summed E-state index contributed by atoms with van der Waals surface area (Å²) in [6, 6.07) is 19.1. The van der Waals surface area contributed by atoms with Crippen LogP contribution in [0.3, 0.4) is 0 Å². The van der Waals surface area contributed by atoms with E-state index >= 15 is 0 Å². The fourth-order valence-electron chi connectivity index (χ4n) is 8.57. The number of amides is 6. The van der Waals surface area contributed by atoms with Crippen LogP contribution in [-0.4, -0.2) is 97.6 Å². The van der Waals surface area contributed by atoms with Crippen LogP contribution in [0.5, 0.6) is 0 Å². The molecular formula is C48H64FN7O8. The summed E-state index contributed by atoms with van der Waals surface area (Å²) in [6.07, 6.45) is 3.22. The van der Waals surface area contributed by atoms with Crippen molar-refractivity contribution < 1.29 is 42.6 Å². The maximum Gasteiger partial charge on any atom is 0.407 e. The summed E-state index contributed by atoms with van der Waals surface area (Å²) in [7, 11) is 2.48. The van der Waals surface area contributed by atoms with Crippen LogP contribution in [0.25, 0.3) is 0 Å². The number of hydrogen-bond donors (Lipinski definition) is 4. The van der Waals surface area contributed by atoms with Gasteiger partial charge in [-0.05, 0) is 104 Å². The van der Waals surface area contributed by atoms with Crippen molar-refractivity contribution in [2.45, 2.75) is 110 Å². The summed E-state index contributed by atoms with van der Waals surface area (Å²) >= 11 is 0. The van der Waals surface area contributed by atoms with E-state index in [1.165, 1.54) is 31.3 Å². The Morgan fingerprint density at radius 3 is 1.75 bits per heavy atom. The molecule has 3 aromatic carbocycles. The van der Waals surface area contributed by atoms with Crippen LogP contribution in [0, 0.1) is 17.7 Å². The molecule has 3 aromatic rings. The second-order valence-corrected chi connectivity index (χ2v) is 16.7. The standard InChI is InChI=1S/C48H64FN7O8/c1-8-27-54(45(59)42(30(4)9-2)52-47(61)63-6)29-41(57)50-35-19-13-32(14-20-35)38-25-26-39(56(38)37-23-17-34(49)18-24-37)33-15-21-36(22-16-33)51-44(58)40-12-11-28-55(40)46(60)43(31(5)10-3)53-48(62)64-7/h13-24,30-31,38-40,42-43H,8-12,25-29H2,1-7H3,(H,50,57)(H,51,58)(H,52,61)(H,53,62). The molecule has 16 heteroatoms. The van der Waals surface area contributed by atoms with Crippen molar-refractivity contribution in [1.82, 2.24) is 20.4 Å². The van der Waals surface area contributed by atoms with Gasteiger partial charge in [-0.15, -0.1) is 0 Å². The highest BCUT2D eigenvalue weighted by molar-refractivity contribution is 5.99. The summed E-state index contributed by atoms with van der Waals surface area (Å²) in [5.74, 6) is -2.03. The Labute approximate surface area is 375 Å². The molecule has 2 saturated heterocycles. The first kappa shape index (κ1) is 48.8. The van der Waals surface area contributed by atoms with Crippen molar-refractivity contribution in [3.05, 3.63) is 89.7 Å². The smallest absolute Gasteiger partial charge is 0.407 e. The van der Waals surface area contributed by atoms with E-state index in [2.05, 4.69) is 26.2 Å². The van der Waals surface area contributed by atoms with Crippen molar-refractivity contribution >= 4 is 52.9 Å². The number of halogens is 1. The van der Waals surface area contributed by atoms with Crippen molar-refractivity contribution in [3.63, 3.8) is 0 Å². The Balaban J connectivity index is 1.28. The van der Waals surface area contributed by atoms with Crippen molar-refractivity contribution in [3.8, 4) is 0 Å². The van der Waals surface area contributed by atoms with Gasteiger partial charge >= 0.3 is 12.2 Å². The largest absolute Gasteiger partial charge is 0.453 e. The Morgan fingerprint density at radius 1 is 0.719 bits per heavy atom. The van der Waals surface area contributed by atoms with E-state index < -0.39 is 30.3 Å². The lowest BCUT2D eigenvalue weighted by atomic mass is 9.97. The summed E-state index contributed by atoms with van der Waals surface area (Å²) in [5.41, 5.74) is 3.97. The summed E-state index contributed by atoms with van der Waals surface area (Å²) in [6.45, 7) is 10.1. The molecule has 0 saturated carbocycles. The first-order valence-corrected chi connectivity index (χ1v) is 22.4. The van der Waals surface area contributed by atoms with Crippen molar-refractivity contribution in [1.29, 1.82) is 0 Å². The minimum absolute atomic E-state index is 0.0858. The first-order chi connectivity index (χ1) is 30.7. The fraction of sp³-hybridized carbons (Fsp3) is 0.500. The molecule has 0 bridgehead atoms. The molecule has 15 nitrogen and oxygen atoms in total. The second-order valence-electron chi connectivity index (χ2n) is 16.7. The summed E-state index contributed by atoms with van der Waals surface area (Å²) in [5, 5.41) is 11.2. The summed E-state index contributed by atoms with van der Waals surface area (Å²) in [4.78, 5) is 83.6. The topological polar surface area (TPSA) is 179 Å². The number of alkyl carbamates (subject to hydrolysis) is 2. The molecule has 6 amide bonds. The minimum Gasteiger partial charge on any atom is -0.453 e. The molecule has 7 unspecified atom stereocenters. The second kappa shape index (κ2) is 22.9. The van der Waals surface area contributed by atoms with Crippen LogP contribution in [-0.2, 0) is 28.7 Å². The number of carbonyl (C=O) groups excluding carboxylic acids is 6.